The zero-order valence-electron chi connectivity index (χ0n) is 15.9. The molecule has 152 valence electrons. The molecule has 3 rings (SSSR count). The highest BCUT2D eigenvalue weighted by molar-refractivity contribution is 7.89. The van der Waals surface area contributed by atoms with Gasteiger partial charge in [0.25, 0.3) is 5.69 Å². The topological polar surface area (TPSA) is 114 Å². The number of rotatable bonds is 7. The molecule has 1 saturated heterocycles. The minimum absolute atomic E-state index is 0.0541. The van der Waals surface area contributed by atoms with Gasteiger partial charge in [-0.15, -0.1) is 0 Å². The second-order valence-corrected chi connectivity index (χ2v) is 8.78. The Morgan fingerprint density at radius 3 is 2.54 bits per heavy atom. The summed E-state index contributed by atoms with van der Waals surface area (Å²) in [6, 6.07) is 4.03. The number of piperazine rings is 1. The predicted octanol–water partition coefficient (Wildman–Crippen LogP) is 0.919. The number of hydrogen-bond acceptors (Lipinski definition) is 7. The Balaban J connectivity index is 1.75. The van der Waals surface area contributed by atoms with Crippen molar-refractivity contribution in [2.45, 2.75) is 11.3 Å². The van der Waals surface area contributed by atoms with E-state index in [1.807, 2.05) is 25.2 Å². The zero-order valence-corrected chi connectivity index (χ0v) is 16.7. The number of aromatic nitrogens is 2. The van der Waals surface area contributed by atoms with E-state index in [4.69, 9.17) is 0 Å². The van der Waals surface area contributed by atoms with Crippen LogP contribution >= 0.6 is 0 Å². The zero-order chi connectivity index (χ0) is 20.3. The summed E-state index contributed by atoms with van der Waals surface area (Å²) in [7, 11) is -0.00349. The molecule has 0 saturated carbocycles. The normalized spacial score (nSPS) is 16.2. The van der Waals surface area contributed by atoms with Crippen LogP contribution < -0.4 is 5.32 Å². The molecule has 11 heteroatoms. The number of likely N-dealkylation sites (N-methyl/N-ethyl adjacent to an activating group) is 1. The molecule has 0 atom stereocenters. The molecule has 1 N–H and O–H groups in total. The van der Waals surface area contributed by atoms with E-state index < -0.39 is 14.9 Å². The minimum Gasteiger partial charge on any atom is -0.379 e. The molecule has 10 nitrogen and oxygen atoms in total. The van der Waals surface area contributed by atoms with E-state index in [0.717, 1.165) is 11.6 Å². The van der Waals surface area contributed by atoms with E-state index in [1.54, 1.807) is 10.9 Å². The van der Waals surface area contributed by atoms with Gasteiger partial charge in [-0.2, -0.15) is 9.40 Å². The van der Waals surface area contributed by atoms with Gasteiger partial charge in [-0.1, -0.05) is 0 Å². The molecular formula is C17H24N6O4S. The Morgan fingerprint density at radius 2 is 1.93 bits per heavy atom. The molecule has 1 aromatic carbocycles. The smallest absolute Gasteiger partial charge is 0.293 e. The van der Waals surface area contributed by atoms with Crippen LogP contribution in [0.25, 0.3) is 0 Å². The third-order valence-electron chi connectivity index (χ3n) is 4.75. The number of benzene rings is 1. The minimum atomic E-state index is -3.76. The fraction of sp³-hybridized carbons (Fsp3) is 0.471. The first kappa shape index (κ1) is 20.2. The average molecular weight is 408 g/mol. The number of nitro benzene ring substituents is 1. The van der Waals surface area contributed by atoms with Crippen LogP contribution in [0.5, 0.6) is 0 Å². The molecule has 1 aliphatic rings. The van der Waals surface area contributed by atoms with Crippen molar-refractivity contribution in [3.05, 3.63) is 46.3 Å². The molecular weight excluding hydrogens is 384 g/mol. The van der Waals surface area contributed by atoms with E-state index in [9.17, 15) is 18.5 Å². The fourth-order valence-electron chi connectivity index (χ4n) is 3.09. The standard InChI is InChI=1S/C17H24N6O4S/c1-20-7-9-22(10-8-20)28(26,27)15-3-4-16(17(11-15)23(24)25)18-6-5-14-12-19-21(2)13-14/h3-4,11-13,18H,5-10H2,1-2H3. The van der Waals surface area contributed by atoms with Crippen molar-refractivity contribution in [3.63, 3.8) is 0 Å². The Bertz CT molecular complexity index is 950. The highest BCUT2D eigenvalue weighted by Gasteiger charge is 2.29. The van der Waals surface area contributed by atoms with Gasteiger partial charge < -0.3 is 10.2 Å². The van der Waals surface area contributed by atoms with Crippen LogP contribution in [-0.2, 0) is 23.5 Å². The van der Waals surface area contributed by atoms with E-state index >= 15 is 0 Å². The van der Waals surface area contributed by atoms with Crippen LogP contribution in [0.15, 0.2) is 35.5 Å². The summed E-state index contributed by atoms with van der Waals surface area (Å²) in [6.45, 7) is 2.48. The maximum Gasteiger partial charge on any atom is 0.293 e. The Labute approximate surface area is 163 Å². The highest BCUT2D eigenvalue weighted by Crippen LogP contribution is 2.29. The van der Waals surface area contributed by atoms with Crippen LogP contribution in [0.2, 0.25) is 0 Å². The predicted molar refractivity (Wildman–Crippen MR) is 105 cm³/mol. The van der Waals surface area contributed by atoms with Crippen molar-refractivity contribution < 1.29 is 13.3 Å². The second-order valence-electron chi connectivity index (χ2n) is 6.84. The van der Waals surface area contributed by atoms with Gasteiger partial charge in [0.05, 0.1) is 16.0 Å². The number of nitrogens with zero attached hydrogens (tertiary/aromatic N) is 5. The molecule has 0 spiro atoms. The molecule has 0 aliphatic carbocycles. The van der Waals surface area contributed by atoms with Gasteiger partial charge in [-0.05, 0) is 31.2 Å². The van der Waals surface area contributed by atoms with E-state index in [0.29, 0.717) is 44.8 Å². The first-order chi connectivity index (χ1) is 13.3. The number of nitrogens with one attached hydrogen (secondary N) is 1. The summed E-state index contributed by atoms with van der Waals surface area (Å²) in [5.74, 6) is 0. The molecule has 2 aromatic rings. The number of aryl methyl sites for hydroxylation is 1. The average Bonchev–Trinajstić information content (AvgIpc) is 3.07. The Hall–Kier alpha value is -2.50. The number of sulfonamides is 1. The summed E-state index contributed by atoms with van der Waals surface area (Å²) in [5, 5.41) is 18.6. The maximum absolute atomic E-state index is 12.8. The van der Waals surface area contributed by atoms with Gasteiger partial charge in [0.2, 0.25) is 10.0 Å². The van der Waals surface area contributed by atoms with E-state index in [2.05, 4.69) is 10.4 Å². The first-order valence-corrected chi connectivity index (χ1v) is 10.4. The lowest BCUT2D eigenvalue weighted by atomic mass is 10.2. The van der Waals surface area contributed by atoms with Crippen LogP contribution in [0, 0.1) is 10.1 Å². The fourth-order valence-corrected chi connectivity index (χ4v) is 4.54. The monoisotopic (exact) mass is 408 g/mol. The van der Waals surface area contributed by atoms with Crippen LogP contribution in [0.4, 0.5) is 11.4 Å². The molecule has 0 amide bonds. The molecule has 1 aromatic heterocycles. The van der Waals surface area contributed by atoms with Crippen LogP contribution in [0.3, 0.4) is 0 Å². The van der Waals surface area contributed by atoms with E-state index in [-0.39, 0.29) is 10.6 Å². The molecule has 1 fully saturated rings. The molecule has 1 aliphatic heterocycles. The van der Waals surface area contributed by atoms with Crippen molar-refractivity contribution in [2.75, 3.05) is 45.1 Å². The van der Waals surface area contributed by atoms with Crippen LogP contribution in [-0.4, -0.2) is 72.1 Å². The summed E-state index contributed by atoms with van der Waals surface area (Å²) in [6.07, 6.45) is 4.26. The Kier molecular flexibility index (Phi) is 5.96. The first-order valence-electron chi connectivity index (χ1n) is 8.96. The van der Waals surface area contributed by atoms with Gasteiger partial charge in [0, 0.05) is 52.0 Å². The molecule has 0 unspecified atom stereocenters. The third-order valence-corrected chi connectivity index (χ3v) is 6.65. The van der Waals surface area contributed by atoms with Gasteiger partial charge in [0.1, 0.15) is 5.69 Å². The lowest BCUT2D eigenvalue weighted by Crippen LogP contribution is -2.47. The summed E-state index contributed by atoms with van der Waals surface area (Å²) in [5.41, 5.74) is 1.06. The lowest BCUT2D eigenvalue weighted by molar-refractivity contribution is -0.384. The van der Waals surface area contributed by atoms with Gasteiger partial charge >= 0.3 is 0 Å². The number of nitro groups is 1. The molecule has 28 heavy (non-hydrogen) atoms. The van der Waals surface area contributed by atoms with Gasteiger partial charge in [-0.3, -0.25) is 14.8 Å². The SMILES string of the molecule is CN1CCN(S(=O)(=O)c2ccc(NCCc3cnn(C)c3)c([N+](=O)[O-])c2)CC1. The molecule has 0 radical (unpaired) electrons. The summed E-state index contributed by atoms with van der Waals surface area (Å²) >= 11 is 0. The van der Waals surface area contributed by atoms with Crippen LogP contribution in [0.1, 0.15) is 5.56 Å². The lowest BCUT2D eigenvalue weighted by Gasteiger charge is -2.31. The number of hydrogen-bond donors (Lipinski definition) is 1. The summed E-state index contributed by atoms with van der Waals surface area (Å²) in [4.78, 5) is 12.9. The maximum atomic E-state index is 12.8. The molecule has 0 bridgehead atoms. The quantitative estimate of drug-likeness (QED) is 0.535. The van der Waals surface area contributed by atoms with Crippen molar-refractivity contribution in [1.29, 1.82) is 0 Å². The van der Waals surface area contributed by atoms with Gasteiger partial charge in [-0.25, -0.2) is 8.42 Å². The molecule has 2 heterocycles. The highest BCUT2D eigenvalue weighted by atomic mass is 32.2. The van der Waals surface area contributed by atoms with Crippen molar-refractivity contribution in [3.8, 4) is 0 Å². The van der Waals surface area contributed by atoms with Crippen molar-refractivity contribution in [1.82, 2.24) is 19.0 Å². The van der Waals surface area contributed by atoms with Crippen molar-refractivity contribution in [2.24, 2.45) is 7.05 Å². The largest absolute Gasteiger partial charge is 0.379 e. The Morgan fingerprint density at radius 1 is 1.21 bits per heavy atom. The van der Waals surface area contributed by atoms with E-state index in [1.165, 1.54) is 16.4 Å². The van der Waals surface area contributed by atoms with Crippen molar-refractivity contribution >= 4 is 21.4 Å². The third kappa shape index (κ3) is 4.49. The van der Waals surface area contributed by atoms with Gasteiger partial charge in [0.15, 0.2) is 0 Å². The number of anilines is 1. The summed E-state index contributed by atoms with van der Waals surface area (Å²) < 4.78 is 28.7. The second kappa shape index (κ2) is 8.25.